The highest BCUT2D eigenvalue weighted by atomic mass is 16.6. The first-order chi connectivity index (χ1) is 9.78. The SMILES string of the molecule is CC(C)(C)OC(=O)NCCCNc1ccc([N+](=O)[O-])cn1. The molecule has 1 amide bonds. The molecule has 0 aliphatic heterocycles. The molecule has 0 radical (unpaired) electrons. The number of rotatable bonds is 6. The second kappa shape index (κ2) is 7.41. The largest absolute Gasteiger partial charge is 0.444 e. The Labute approximate surface area is 123 Å². The van der Waals surface area contributed by atoms with Crippen LogP contribution < -0.4 is 10.6 Å². The maximum absolute atomic E-state index is 11.4. The highest BCUT2D eigenvalue weighted by Crippen LogP contribution is 2.11. The van der Waals surface area contributed by atoms with Gasteiger partial charge >= 0.3 is 6.09 Å². The zero-order chi connectivity index (χ0) is 15.9. The molecule has 0 aliphatic carbocycles. The van der Waals surface area contributed by atoms with Crippen molar-refractivity contribution in [3.63, 3.8) is 0 Å². The van der Waals surface area contributed by atoms with Crippen molar-refractivity contribution in [3.05, 3.63) is 28.4 Å². The van der Waals surface area contributed by atoms with Crippen molar-refractivity contribution < 1.29 is 14.5 Å². The minimum Gasteiger partial charge on any atom is -0.444 e. The maximum atomic E-state index is 11.4. The van der Waals surface area contributed by atoms with E-state index in [9.17, 15) is 14.9 Å². The van der Waals surface area contributed by atoms with E-state index in [1.54, 1.807) is 26.8 Å². The highest BCUT2D eigenvalue weighted by molar-refractivity contribution is 5.67. The van der Waals surface area contributed by atoms with Gasteiger partial charge in [-0.05, 0) is 33.3 Å². The Morgan fingerprint density at radius 3 is 2.62 bits per heavy atom. The fraction of sp³-hybridized carbons (Fsp3) is 0.538. The molecule has 116 valence electrons. The van der Waals surface area contributed by atoms with Crippen LogP contribution in [0.25, 0.3) is 0 Å². The molecule has 0 saturated carbocycles. The summed E-state index contributed by atoms with van der Waals surface area (Å²) in [5.41, 5.74) is -0.558. The predicted octanol–water partition coefficient (Wildman–Crippen LogP) is 2.32. The lowest BCUT2D eigenvalue weighted by Gasteiger charge is -2.19. The lowest BCUT2D eigenvalue weighted by Crippen LogP contribution is -2.33. The number of nitrogens with one attached hydrogen (secondary N) is 2. The second-order valence-electron chi connectivity index (χ2n) is 5.37. The van der Waals surface area contributed by atoms with Crippen LogP contribution in [-0.4, -0.2) is 34.7 Å². The van der Waals surface area contributed by atoms with E-state index in [1.165, 1.54) is 12.3 Å². The summed E-state index contributed by atoms with van der Waals surface area (Å²) >= 11 is 0. The standard InChI is InChI=1S/C13H20N4O4/c1-13(2,3)21-12(18)15-8-4-7-14-11-6-5-10(9-16-11)17(19)20/h5-6,9H,4,7-8H2,1-3H3,(H,14,16)(H,15,18). The van der Waals surface area contributed by atoms with Gasteiger partial charge in [0.05, 0.1) is 4.92 Å². The van der Waals surface area contributed by atoms with Crippen LogP contribution in [0.15, 0.2) is 18.3 Å². The number of carbonyl (C=O) groups excluding carboxylic acids is 1. The molecule has 0 aromatic carbocycles. The molecule has 0 spiro atoms. The lowest BCUT2D eigenvalue weighted by molar-refractivity contribution is -0.385. The molecule has 0 atom stereocenters. The number of nitro groups is 1. The van der Waals surface area contributed by atoms with Crippen molar-refractivity contribution in [1.82, 2.24) is 10.3 Å². The first-order valence-electron chi connectivity index (χ1n) is 6.59. The average Bonchev–Trinajstić information content (AvgIpc) is 2.36. The van der Waals surface area contributed by atoms with E-state index < -0.39 is 16.6 Å². The number of nitrogens with zero attached hydrogens (tertiary/aromatic N) is 2. The lowest BCUT2D eigenvalue weighted by atomic mass is 10.2. The van der Waals surface area contributed by atoms with Crippen molar-refractivity contribution in [1.29, 1.82) is 0 Å². The van der Waals surface area contributed by atoms with Crippen molar-refractivity contribution in [2.24, 2.45) is 0 Å². The van der Waals surface area contributed by atoms with Gasteiger partial charge in [-0.1, -0.05) is 0 Å². The Hall–Kier alpha value is -2.38. The number of anilines is 1. The highest BCUT2D eigenvalue weighted by Gasteiger charge is 2.15. The van der Waals surface area contributed by atoms with Gasteiger partial charge in [0.25, 0.3) is 5.69 Å². The van der Waals surface area contributed by atoms with Crippen molar-refractivity contribution in [2.45, 2.75) is 32.8 Å². The quantitative estimate of drug-likeness (QED) is 0.474. The molecule has 21 heavy (non-hydrogen) atoms. The molecule has 0 aliphatic rings. The summed E-state index contributed by atoms with van der Waals surface area (Å²) in [7, 11) is 0. The third-order valence-corrected chi connectivity index (χ3v) is 2.29. The number of aromatic nitrogens is 1. The molecule has 0 bridgehead atoms. The van der Waals surface area contributed by atoms with Crippen LogP contribution in [0, 0.1) is 10.1 Å². The summed E-state index contributed by atoms with van der Waals surface area (Å²) in [6, 6.07) is 2.92. The Balaban J connectivity index is 2.19. The topological polar surface area (TPSA) is 106 Å². The minimum atomic E-state index is -0.509. The van der Waals surface area contributed by atoms with E-state index in [-0.39, 0.29) is 5.69 Å². The van der Waals surface area contributed by atoms with Gasteiger partial charge in [-0.25, -0.2) is 9.78 Å². The zero-order valence-corrected chi connectivity index (χ0v) is 12.4. The molecule has 2 N–H and O–H groups in total. The van der Waals surface area contributed by atoms with Gasteiger partial charge in [0.1, 0.15) is 17.6 Å². The molecule has 0 unspecified atom stereocenters. The molecular formula is C13H20N4O4. The Kier molecular flexibility index (Phi) is 5.89. The van der Waals surface area contributed by atoms with E-state index in [2.05, 4.69) is 15.6 Å². The van der Waals surface area contributed by atoms with E-state index in [0.717, 1.165) is 0 Å². The molecule has 1 aromatic rings. The minimum absolute atomic E-state index is 0.0489. The molecule has 0 saturated heterocycles. The third-order valence-electron chi connectivity index (χ3n) is 2.29. The number of carbonyl (C=O) groups is 1. The van der Waals surface area contributed by atoms with E-state index in [1.807, 2.05) is 0 Å². The number of amides is 1. The molecule has 1 heterocycles. The van der Waals surface area contributed by atoms with Gasteiger partial charge in [0.2, 0.25) is 0 Å². The summed E-state index contributed by atoms with van der Waals surface area (Å²) in [5, 5.41) is 16.1. The fourth-order valence-corrected chi connectivity index (χ4v) is 1.41. The maximum Gasteiger partial charge on any atom is 0.407 e. The van der Waals surface area contributed by atoms with Crippen LogP contribution in [0.4, 0.5) is 16.3 Å². The van der Waals surface area contributed by atoms with Crippen LogP contribution in [0.2, 0.25) is 0 Å². The van der Waals surface area contributed by atoms with Gasteiger partial charge in [-0.3, -0.25) is 10.1 Å². The van der Waals surface area contributed by atoms with Crippen molar-refractivity contribution in [2.75, 3.05) is 18.4 Å². The summed E-state index contributed by atoms with van der Waals surface area (Å²) in [6.07, 6.45) is 1.43. The number of hydrogen-bond donors (Lipinski definition) is 2. The van der Waals surface area contributed by atoms with Crippen LogP contribution in [0.1, 0.15) is 27.2 Å². The normalized spacial score (nSPS) is 10.8. The number of pyridine rings is 1. The van der Waals surface area contributed by atoms with Crippen LogP contribution in [0.3, 0.4) is 0 Å². The van der Waals surface area contributed by atoms with E-state index in [4.69, 9.17) is 4.74 Å². The smallest absolute Gasteiger partial charge is 0.407 e. The number of alkyl carbamates (subject to hydrolysis) is 1. The molecular weight excluding hydrogens is 276 g/mol. The third kappa shape index (κ3) is 7.09. The summed E-state index contributed by atoms with van der Waals surface area (Å²) in [6.45, 7) is 6.45. The van der Waals surface area contributed by atoms with Gasteiger partial charge in [0, 0.05) is 19.2 Å². The van der Waals surface area contributed by atoms with Crippen LogP contribution >= 0.6 is 0 Å². The Morgan fingerprint density at radius 1 is 1.38 bits per heavy atom. The monoisotopic (exact) mass is 296 g/mol. The first-order valence-corrected chi connectivity index (χ1v) is 6.59. The molecule has 8 nitrogen and oxygen atoms in total. The zero-order valence-electron chi connectivity index (χ0n) is 12.4. The summed E-state index contributed by atoms with van der Waals surface area (Å²) < 4.78 is 5.09. The fourth-order valence-electron chi connectivity index (χ4n) is 1.41. The number of ether oxygens (including phenoxy) is 1. The van der Waals surface area contributed by atoms with Crippen LogP contribution in [0.5, 0.6) is 0 Å². The van der Waals surface area contributed by atoms with Crippen LogP contribution in [-0.2, 0) is 4.74 Å². The molecule has 1 rings (SSSR count). The Morgan fingerprint density at radius 2 is 2.10 bits per heavy atom. The first kappa shape index (κ1) is 16.7. The average molecular weight is 296 g/mol. The van der Waals surface area contributed by atoms with Gasteiger partial charge in [-0.15, -0.1) is 0 Å². The van der Waals surface area contributed by atoms with Crippen molar-refractivity contribution in [3.8, 4) is 0 Å². The molecule has 8 heteroatoms. The van der Waals surface area contributed by atoms with Gasteiger partial charge < -0.3 is 15.4 Å². The molecule has 0 fully saturated rings. The second-order valence-corrected chi connectivity index (χ2v) is 5.37. The van der Waals surface area contributed by atoms with Crippen molar-refractivity contribution >= 4 is 17.6 Å². The van der Waals surface area contributed by atoms with E-state index >= 15 is 0 Å². The molecule has 1 aromatic heterocycles. The van der Waals surface area contributed by atoms with Gasteiger partial charge in [-0.2, -0.15) is 0 Å². The summed E-state index contributed by atoms with van der Waals surface area (Å²) in [4.78, 5) is 25.2. The summed E-state index contributed by atoms with van der Waals surface area (Å²) in [5.74, 6) is 0.554. The van der Waals surface area contributed by atoms with Gasteiger partial charge in [0.15, 0.2) is 0 Å². The Bertz CT molecular complexity index is 482. The van der Waals surface area contributed by atoms with E-state index in [0.29, 0.717) is 25.3 Å². The predicted molar refractivity (Wildman–Crippen MR) is 78.2 cm³/mol. The number of hydrogen-bond acceptors (Lipinski definition) is 6.